The number of nitrogens with zero attached hydrogens (tertiary/aromatic N) is 1. The molecule has 0 unspecified atom stereocenters. The van der Waals surface area contributed by atoms with E-state index in [1.165, 1.54) is 12.1 Å². The molecule has 1 heterocycles. The molecule has 6 nitrogen and oxygen atoms in total. The molecule has 1 aromatic rings. The van der Waals surface area contributed by atoms with Crippen LogP contribution >= 0.6 is 0 Å². The molecule has 90 valence electrons. The SMILES string of the molecule is CCOC(=O)[C@@H]1O[C@H]1c1cccc([N+](=O)[O-])c1. The summed E-state index contributed by atoms with van der Waals surface area (Å²) in [4.78, 5) is 21.4. The van der Waals surface area contributed by atoms with E-state index < -0.39 is 23.1 Å². The van der Waals surface area contributed by atoms with Crippen molar-refractivity contribution in [3.05, 3.63) is 39.9 Å². The Hall–Kier alpha value is -1.95. The van der Waals surface area contributed by atoms with Crippen LogP contribution in [0.4, 0.5) is 5.69 Å². The molecule has 0 amide bonds. The van der Waals surface area contributed by atoms with Gasteiger partial charge < -0.3 is 9.47 Å². The van der Waals surface area contributed by atoms with Gasteiger partial charge in [-0.3, -0.25) is 10.1 Å². The maximum atomic E-state index is 11.3. The molecule has 0 N–H and O–H groups in total. The van der Waals surface area contributed by atoms with Crippen molar-refractivity contribution in [2.45, 2.75) is 19.1 Å². The summed E-state index contributed by atoms with van der Waals surface area (Å²) in [6, 6.07) is 6.06. The zero-order chi connectivity index (χ0) is 12.4. The van der Waals surface area contributed by atoms with Crippen LogP contribution in [0, 0.1) is 10.1 Å². The van der Waals surface area contributed by atoms with Crippen LogP contribution in [-0.2, 0) is 14.3 Å². The molecular weight excluding hydrogens is 226 g/mol. The zero-order valence-corrected chi connectivity index (χ0v) is 9.16. The normalized spacial score (nSPS) is 21.9. The molecular formula is C11H11NO5. The number of carbonyl (C=O) groups is 1. The monoisotopic (exact) mass is 237 g/mol. The second-order valence-corrected chi connectivity index (χ2v) is 3.58. The predicted octanol–water partition coefficient (Wildman–Crippen LogP) is 1.60. The number of ether oxygens (including phenoxy) is 2. The Labute approximate surface area is 97.3 Å². The van der Waals surface area contributed by atoms with Crippen molar-refractivity contribution in [1.82, 2.24) is 0 Å². The van der Waals surface area contributed by atoms with Gasteiger partial charge in [-0.1, -0.05) is 12.1 Å². The Kier molecular flexibility index (Phi) is 3.06. The molecule has 0 spiro atoms. The third-order valence-electron chi connectivity index (χ3n) is 2.42. The Morgan fingerprint density at radius 1 is 1.59 bits per heavy atom. The van der Waals surface area contributed by atoms with Crippen LogP contribution in [0.2, 0.25) is 0 Å². The van der Waals surface area contributed by atoms with E-state index in [9.17, 15) is 14.9 Å². The third-order valence-corrected chi connectivity index (χ3v) is 2.42. The number of nitro benzene ring substituents is 1. The highest BCUT2D eigenvalue weighted by molar-refractivity contribution is 5.78. The number of epoxide rings is 1. The summed E-state index contributed by atoms with van der Waals surface area (Å²) >= 11 is 0. The number of rotatable bonds is 4. The van der Waals surface area contributed by atoms with Crippen LogP contribution < -0.4 is 0 Å². The van der Waals surface area contributed by atoms with E-state index in [4.69, 9.17) is 9.47 Å². The number of hydrogen-bond donors (Lipinski definition) is 0. The van der Waals surface area contributed by atoms with E-state index >= 15 is 0 Å². The van der Waals surface area contributed by atoms with Crippen LogP contribution in [-0.4, -0.2) is 23.6 Å². The lowest BCUT2D eigenvalue weighted by molar-refractivity contribution is -0.384. The summed E-state index contributed by atoms with van der Waals surface area (Å²) < 4.78 is 9.95. The lowest BCUT2D eigenvalue weighted by atomic mass is 10.1. The lowest BCUT2D eigenvalue weighted by Crippen LogP contribution is -2.11. The second kappa shape index (κ2) is 4.50. The molecule has 6 heteroatoms. The summed E-state index contributed by atoms with van der Waals surface area (Å²) in [5, 5.41) is 10.6. The second-order valence-electron chi connectivity index (χ2n) is 3.58. The van der Waals surface area contributed by atoms with Crippen LogP contribution in [0.3, 0.4) is 0 Å². The molecule has 1 aliphatic heterocycles. The van der Waals surface area contributed by atoms with Crippen molar-refractivity contribution < 1.29 is 19.2 Å². The van der Waals surface area contributed by atoms with Gasteiger partial charge in [0.05, 0.1) is 11.5 Å². The molecule has 2 rings (SSSR count). The quantitative estimate of drug-likeness (QED) is 0.344. The van der Waals surface area contributed by atoms with E-state index in [0.717, 1.165) is 0 Å². The molecule has 2 atom stereocenters. The predicted molar refractivity (Wildman–Crippen MR) is 57.3 cm³/mol. The summed E-state index contributed by atoms with van der Waals surface area (Å²) in [5.74, 6) is -0.427. The van der Waals surface area contributed by atoms with E-state index in [1.54, 1.807) is 19.1 Å². The summed E-state index contributed by atoms with van der Waals surface area (Å²) in [5.41, 5.74) is 0.609. The first-order chi connectivity index (χ1) is 8.13. The molecule has 0 aliphatic carbocycles. The minimum Gasteiger partial charge on any atom is -0.464 e. The molecule has 0 saturated carbocycles. The van der Waals surface area contributed by atoms with E-state index in [1.807, 2.05) is 0 Å². The molecule has 0 radical (unpaired) electrons. The van der Waals surface area contributed by atoms with Crippen molar-refractivity contribution in [3.63, 3.8) is 0 Å². The first-order valence-corrected chi connectivity index (χ1v) is 5.20. The highest BCUT2D eigenvalue weighted by Crippen LogP contribution is 2.40. The Bertz CT molecular complexity index is 459. The molecule has 1 saturated heterocycles. The molecule has 0 bridgehead atoms. The minimum atomic E-state index is -0.628. The maximum absolute atomic E-state index is 11.3. The van der Waals surface area contributed by atoms with Crippen molar-refractivity contribution >= 4 is 11.7 Å². The number of hydrogen-bond acceptors (Lipinski definition) is 5. The maximum Gasteiger partial charge on any atom is 0.338 e. The first-order valence-electron chi connectivity index (χ1n) is 5.20. The summed E-state index contributed by atoms with van der Waals surface area (Å²) in [6.45, 7) is 2.00. The standard InChI is InChI=1S/C11H11NO5/c1-2-16-11(13)10-9(17-10)7-4-3-5-8(6-7)12(14)15/h3-6,9-10H,2H2,1H3/t9-,10+/m0/s1. The first kappa shape index (κ1) is 11.5. The summed E-state index contributed by atoms with van der Waals surface area (Å²) in [7, 11) is 0. The fourth-order valence-corrected chi connectivity index (χ4v) is 1.58. The Balaban J connectivity index is 2.08. The molecule has 17 heavy (non-hydrogen) atoms. The van der Waals surface area contributed by atoms with Gasteiger partial charge in [0.2, 0.25) is 0 Å². The number of carbonyl (C=O) groups excluding carboxylic acids is 1. The van der Waals surface area contributed by atoms with Gasteiger partial charge in [-0.2, -0.15) is 0 Å². The van der Waals surface area contributed by atoms with Gasteiger partial charge in [-0.25, -0.2) is 4.79 Å². The van der Waals surface area contributed by atoms with Gasteiger partial charge in [0, 0.05) is 12.1 Å². The van der Waals surface area contributed by atoms with Crippen LogP contribution in [0.25, 0.3) is 0 Å². The highest BCUT2D eigenvalue weighted by Gasteiger charge is 2.47. The van der Waals surface area contributed by atoms with E-state index in [2.05, 4.69) is 0 Å². The minimum absolute atomic E-state index is 0.0133. The Morgan fingerprint density at radius 3 is 3.00 bits per heavy atom. The third kappa shape index (κ3) is 2.42. The van der Waals surface area contributed by atoms with Crippen LogP contribution in [0.5, 0.6) is 0 Å². The van der Waals surface area contributed by atoms with Gasteiger partial charge in [-0.15, -0.1) is 0 Å². The van der Waals surface area contributed by atoms with Gasteiger partial charge in [0.1, 0.15) is 6.10 Å². The van der Waals surface area contributed by atoms with Crippen molar-refractivity contribution in [2.75, 3.05) is 6.61 Å². The van der Waals surface area contributed by atoms with Crippen LogP contribution in [0.15, 0.2) is 24.3 Å². The topological polar surface area (TPSA) is 82.0 Å². The number of esters is 1. The Morgan fingerprint density at radius 2 is 2.35 bits per heavy atom. The molecule has 1 aromatic carbocycles. The number of nitro groups is 1. The van der Waals surface area contributed by atoms with Gasteiger partial charge in [0.25, 0.3) is 5.69 Å². The fraction of sp³-hybridized carbons (Fsp3) is 0.364. The van der Waals surface area contributed by atoms with Crippen molar-refractivity contribution in [2.24, 2.45) is 0 Å². The molecule has 1 fully saturated rings. The number of non-ortho nitro benzene ring substituents is 1. The van der Waals surface area contributed by atoms with Gasteiger partial charge in [-0.05, 0) is 12.5 Å². The van der Waals surface area contributed by atoms with E-state index in [0.29, 0.717) is 12.2 Å². The molecule has 0 aromatic heterocycles. The van der Waals surface area contributed by atoms with Crippen molar-refractivity contribution in [1.29, 1.82) is 0 Å². The highest BCUT2D eigenvalue weighted by atomic mass is 16.6. The zero-order valence-electron chi connectivity index (χ0n) is 9.16. The van der Waals surface area contributed by atoms with Gasteiger partial charge in [0.15, 0.2) is 6.10 Å². The average Bonchev–Trinajstić information content (AvgIpc) is 3.09. The van der Waals surface area contributed by atoms with Crippen molar-refractivity contribution in [3.8, 4) is 0 Å². The largest absolute Gasteiger partial charge is 0.464 e. The summed E-state index contributed by atoms with van der Waals surface area (Å²) in [6.07, 6.45) is -1.05. The average molecular weight is 237 g/mol. The van der Waals surface area contributed by atoms with Crippen LogP contribution in [0.1, 0.15) is 18.6 Å². The number of benzene rings is 1. The fourth-order valence-electron chi connectivity index (χ4n) is 1.58. The van der Waals surface area contributed by atoms with Gasteiger partial charge >= 0.3 is 5.97 Å². The van der Waals surface area contributed by atoms with E-state index in [-0.39, 0.29) is 5.69 Å². The lowest BCUT2D eigenvalue weighted by Gasteiger charge is -1.98. The smallest absolute Gasteiger partial charge is 0.338 e. The molecule has 1 aliphatic rings.